The molecule has 58 heavy (non-hydrogen) atoms. The maximum atomic E-state index is 4.95. The van der Waals surface area contributed by atoms with Crippen LogP contribution in [0.5, 0.6) is 0 Å². The first-order valence-corrected chi connectivity index (χ1v) is 19.1. The average molecular weight is 744 g/mol. The van der Waals surface area contributed by atoms with E-state index in [9.17, 15) is 0 Å². The van der Waals surface area contributed by atoms with Gasteiger partial charge in [0.2, 0.25) is 0 Å². The van der Waals surface area contributed by atoms with Crippen molar-refractivity contribution in [1.82, 2.24) is 34.9 Å². The van der Waals surface area contributed by atoms with Gasteiger partial charge in [0.1, 0.15) is 0 Å². The van der Waals surface area contributed by atoms with Crippen molar-refractivity contribution in [2.75, 3.05) is 0 Å². The van der Waals surface area contributed by atoms with Gasteiger partial charge in [0, 0.05) is 50.5 Å². The Morgan fingerprint density at radius 1 is 0.224 bits per heavy atom. The molecule has 10 aromatic rings. The van der Waals surface area contributed by atoms with Crippen molar-refractivity contribution < 1.29 is 0 Å². The van der Waals surface area contributed by atoms with Crippen molar-refractivity contribution in [2.45, 2.75) is 0 Å². The molecular formula is C51H33N7. The van der Waals surface area contributed by atoms with Gasteiger partial charge in [-0.3, -0.25) is 4.98 Å². The van der Waals surface area contributed by atoms with Crippen molar-refractivity contribution in [3.05, 3.63) is 200 Å². The summed E-state index contributed by atoms with van der Waals surface area (Å²) >= 11 is 0. The van der Waals surface area contributed by atoms with Gasteiger partial charge in [-0.1, -0.05) is 170 Å². The van der Waals surface area contributed by atoms with Crippen LogP contribution in [0.25, 0.3) is 101 Å². The molecule has 0 unspecified atom stereocenters. The van der Waals surface area contributed by atoms with E-state index >= 15 is 0 Å². The molecule has 7 aromatic carbocycles. The SMILES string of the molecule is c1ccc(-c2nc(-c3ccccc3)nc(-c3cccc(-c4cnc5cc(-c6cccc(-c7nc(-c8ccccc8)nc(-c8ccccc8)n7)c6)ccc5c4)c3)n2)cc1. The van der Waals surface area contributed by atoms with Gasteiger partial charge < -0.3 is 0 Å². The quantitative estimate of drug-likeness (QED) is 0.153. The summed E-state index contributed by atoms with van der Waals surface area (Å²) < 4.78 is 0. The van der Waals surface area contributed by atoms with Crippen LogP contribution in [0.2, 0.25) is 0 Å². The van der Waals surface area contributed by atoms with Gasteiger partial charge in [0.15, 0.2) is 34.9 Å². The zero-order valence-electron chi connectivity index (χ0n) is 31.2. The van der Waals surface area contributed by atoms with Gasteiger partial charge >= 0.3 is 0 Å². The highest BCUT2D eigenvalue weighted by atomic mass is 15.0. The van der Waals surface area contributed by atoms with Gasteiger partial charge in [-0.2, -0.15) is 0 Å². The van der Waals surface area contributed by atoms with Crippen molar-refractivity contribution in [1.29, 1.82) is 0 Å². The predicted molar refractivity (Wildman–Crippen MR) is 232 cm³/mol. The van der Waals surface area contributed by atoms with Gasteiger partial charge in [0.25, 0.3) is 0 Å². The highest BCUT2D eigenvalue weighted by molar-refractivity contribution is 5.88. The average Bonchev–Trinajstić information content (AvgIpc) is 3.32. The van der Waals surface area contributed by atoms with E-state index in [4.69, 9.17) is 34.9 Å². The minimum Gasteiger partial charge on any atom is -0.256 e. The molecule has 0 aliphatic rings. The van der Waals surface area contributed by atoms with Gasteiger partial charge in [-0.25, -0.2) is 29.9 Å². The van der Waals surface area contributed by atoms with Crippen molar-refractivity contribution in [3.63, 3.8) is 0 Å². The summed E-state index contributed by atoms with van der Waals surface area (Å²) in [5, 5.41) is 1.04. The van der Waals surface area contributed by atoms with E-state index in [2.05, 4.69) is 48.5 Å². The summed E-state index contributed by atoms with van der Waals surface area (Å²) in [7, 11) is 0. The number of hydrogen-bond donors (Lipinski definition) is 0. The molecule has 7 heteroatoms. The fourth-order valence-electron chi connectivity index (χ4n) is 7.01. The van der Waals surface area contributed by atoms with Crippen molar-refractivity contribution in [2.24, 2.45) is 0 Å². The Labute approximate surface area is 335 Å². The number of nitrogens with zero attached hydrogens (tertiary/aromatic N) is 7. The van der Waals surface area contributed by atoms with E-state index in [1.807, 2.05) is 152 Å². The summed E-state index contributed by atoms with van der Waals surface area (Å²) in [6, 6.07) is 65.3. The first-order valence-electron chi connectivity index (χ1n) is 19.1. The molecule has 10 rings (SSSR count). The first kappa shape index (κ1) is 34.5. The first-order chi connectivity index (χ1) is 28.7. The van der Waals surface area contributed by atoms with Crippen molar-refractivity contribution in [3.8, 4) is 90.6 Å². The number of hydrogen-bond acceptors (Lipinski definition) is 7. The molecule has 0 saturated carbocycles. The molecule has 0 aliphatic heterocycles. The number of aromatic nitrogens is 7. The fourth-order valence-corrected chi connectivity index (χ4v) is 7.01. The maximum absolute atomic E-state index is 4.95. The monoisotopic (exact) mass is 743 g/mol. The Hall–Kier alpha value is -8.03. The minimum absolute atomic E-state index is 0.611. The van der Waals surface area contributed by atoms with E-state index in [-0.39, 0.29) is 0 Å². The van der Waals surface area contributed by atoms with Crippen LogP contribution < -0.4 is 0 Å². The van der Waals surface area contributed by atoms with Crippen LogP contribution in [0, 0.1) is 0 Å². The van der Waals surface area contributed by atoms with E-state index < -0.39 is 0 Å². The van der Waals surface area contributed by atoms with Gasteiger partial charge in [0.05, 0.1) is 5.52 Å². The molecule has 272 valence electrons. The summed E-state index contributed by atoms with van der Waals surface area (Å²) in [6.07, 6.45) is 1.93. The molecule has 0 saturated heterocycles. The van der Waals surface area contributed by atoms with Crippen molar-refractivity contribution >= 4 is 10.9 Å². The molecule has 7 nitrogen and oxygen atoms in total. The number of fused-ring (bicyclic) bond motifs is 1. The van der Waals surface area contributed by atoms with Crippen LogP contribution in [0.4, 0.5) is 0 Å². The molecule has 0 amide bonds. The summed E-state index contributed by atoms with van der Waals surface area (Å²) in [5.41, 5.74) is 10.6. The minimum atomic E-state index is 0.611. The summed E-state index contributed by atoms with van der Waals surface area (Å²) in [5.74, 6) is 3.75. The Morgan fingerprint density at radius 3 is 0.966 bits per heavy atom. The topological polar surface area (TPSA) is 90.2 Å². The third-order valence-corrected chi connectivity index (χ3v) is 9.99. The van der Waals surface area contributed by atoms with E-state index in [1.165, 1.54) is 0 Å². The highest BCUT2D eigenvalue weighted by Gasteiger charge is 2.15. The predicted octanol–water partition coefficient (Wildman–Crippen LogP) is 11.9. The van der Waals surface area contributed by atoms with E-state index in [1.54, 1.807) is 0 Å². The van der Waals surface area contributed by atoms with Crippen LogP contribution in [0.3, 0.4) is 0 Å². The number of rotatable bonds is 8. The zero-order valence-corrected chi connectivity index (χ0v) is 31.2. The smallest absolute Gasteiger partial charge is 0.164 e. The normalized spacial score (nSPS) is 11.1. The Balaban J connectivity index is 0.974. The van der Waals surface area contributed by atoms with Crippen LogP contribution >= 0.6 is 0 Å². The molecule has 0 bridgehead atoms. The third kappa shape index (κ3) is 7.11. The van der Waals surface area contributed by atoms with Crippen LogP contribution in [0.15, 0.2) is 200 Å². The van der Waals surface area contributed by atoms with Gasteiger partial charge in [-0.15, -0.1) is 0 Å². The lowest BCUT2D eigenvalue weighted by molar-refractivity contribution is 1.07. The van der Waals surface area contributed by atoms with Crippen LogP contribution in [-0.4, -0.2) is 34.9 Å². The Morgan fingerprint density at radius 2 is 0.552 bits per heavy atom. The Kier molecular flexibility index (Phi) is 9.06. The number of pyridine rings is 1. The van der Waals surface area contributed by atoms with Gasteiger partial charge in [-0.05, 0) is 41.0 Å². The molecule has 3 aromatic heterocycles. The number of benzene rings is 7. The highest BCUT2D eigenvalue weighted by Crippen LogP contribution is 2.32. The standard InChI is InChI=1S/C51H33N7/c1-5-15-34(16-6-1)46-53-47(35-17-7-2-8-18-35)56-50(55-46)42-25-13-23-38(29-42)40-27-28-41-31-44(33-52-45(41)32-40)39-24-14-26-43(30-39)51-57-48(36-19-9-3-10-20-36)54-49(58-51)37-21-11-4-12-22-37/h1-33H. The summed E-state index contributed by atoms with van der Waals surface area (Å²) in [4.78, 5) is 34.4. The molecule has 0 fully saturated rings. The zero-order chi connectivity index (χ0) is 38.7. The molecule has 0 N–H and O–H groups in total. The largest absolute Gasteiger partial charge is 0.256 e. The summed E-state index contributed by atoms with van der Waals surface area (Å²) in [6.45, 7) is 0. The van der Waals surface area contributed by atoms with E-state index in [0.29, 0.717) is 34.9 Å². The molecule has 0 radical (unpaired) electrons. The van der Waals surface area contributed by atoms with Crippen LogP contribution in [-0.2, 0) is 0 Å². The van der Waals surface area contributed by atoms with Crippen LogP contribution in [0.1, 0.15) is 0 Å². The molecule has 0 aliphatic carbocycles. The lowest BCUT2D eigenvalue weighted by atomic mass is 9.99. The fraction of sp³-hybridized carbons (Fsp3) is 0. The third-order valence-electron chi connectivity index (χ3n) is 9.99. The second kappa shape index (κ2) is 15.2. The van der Waals surface area contributed by atoms with E-state index in [0.717, 1.165) is 66.5 Å². The molecule has 3 heterocycles. The molecule has 0 atom stereocenters. The lowest BCUT2D eigenvalue weighted by Crippen LogP contribution is -2.00. The second-order valence-corrected chi connectivity index (χ2v) is 13.9. The lowest BCUT2D eigenvalue weighted by Gasteiger charge is -2.11. The molecule has 0 spiro atoms. The maximum Gasteiger partial charge on any atom is 0.164 e. The second-order valence-electron chi connectivity index (χ2n) is 13.9. The molecular weight excluding hydrogens is 711 g/mol. The Bertz CT molecular complexity index is 2720.